The van der Waals surface area contributed by atoms with Gasteiger partial charge in [-0.05, 0) is 49.9 Å². The predicted octanol–water partition coefficient (Wildman–Crippen LogP) is 3.58. The van der Waals surface area contributed by atoms with Gasteiger partial charge in [-0.1, -0.05) is 20.3 Å². The van der Waals surface area contributed by atoms with Crippen LogP contribution in [0, 0.1) is 29.6 Å². The highest BCUT2D eigenvalue weighted by Gasteiger charge is 2.49. The van der Waals surface area contributed by atoms with E-state index in [0.717, 1.165) is 6.42 Å². The van der Waals surface area contributed by atoms with Crippen molar-refractivity contribution in [3.05, 3.63) is 0 Å². The monoisotopic (exact) mass is 368 g/mol. The van der Waals surface area contributed by atoms with E-state index in [9.17, 15) is 9.59 Å². The fourth-order valence-corrected chi connectivity index (χ4v) is 5.21. The van der Waals surface area contributed by atoms with Gasteiger partial charge >= 0.3 is 11.9 Å². The van der Waals surface area contributed by atoms with Crippen LogP contribution in [0.15, 0.2) is 0 Å². The molecule has 0 spiro atoms. The van der Waals surface area contributed by atoms with Crippen molar-refractivity contribution in [3.63, 3.8) is 0 Å². The molecule has 148 valence electrons. The number of hydrogen-bond donors (Lipinski definition) is 1. The Balaban J connectivity index is 1.74. The maximum Gasteiger partial charge on any atom is 0.308 e. The molecule has 0 radical (unpaired) electrons. The number of carbonyl (C=O) groups excluding carboxylic acids is 1. The minimum absolute atomic E-state index is 0.127. The topological polar surface area (TPSA) is 82.1 Å². The minimum atomic E-state index is -0.999. The zero-order chi connectivity index (χ0) is 18.8. The Hall–Kier alpha value is -1.14. The number of rotatable bonds is 4. The Morgan fingerprint density at radius 3 is 2.38 bits per heavy atom. The second-order valence-electron chi connectivity index (χ2n) is 8.51. The number of carbonyl (C=O) groups is 2. The lowest BCUT2D eigenvalue weighted by atomic mass is 9.62. The molecule has 26 heavy (non-hydrogen) atoms. The van der Waals surface area contributed by atoms with Gasteiger partial charge in [0.2, 0.25) is 6.29 Å². The smallest absolute Gasteiger partial charge is 0.308 e. The van der Waals surface area contributed by atoms with Crippen LogP contribution in [0.3, 0.4) is 0 Å². The molecule has 6 heteroatoms. The van der Waals surface area contributed by atoms with Crippen molar-refractivity contribution >= 4 is 11.9 Å². The fourth-order valence-electron chi connectivity index (χ4n) is 5.21. The molecule has 0 amide bonds. The lowest BCUT2D eigenvalue weighted by Crippen LogP contribution is -2.43. The highest BCUT2D eigenvalue weighted by Crippen LogP contribution is 2.51. The van der Waals surface area contributed by atoms with Crippen molar-refractivity contribution in [2.45, 2.75) is 84.4 Å². The van der Waals surface area contributed by atoms with E-state index in [-0.39, 0.29) is 25.2 Å². The SMILES string of the molecule is CC1CCC2C3C(O1)OC(OC(=O)CCC(=O)O)CC(C)C3CC[C@H]2C. The summed E-state index contributed by atoms with van der Waals surface area (Å²) in [7, 11) is 0. The highest BCUT2D eigenvalue weighted by atomic mass is 16.8. The van der Waals surface area contributed by atoms with Crippen LogP contribution >= 0.6 is 0 Å². The van der Waals surface area contributed by atoms with E-state index in [1.165, 1.54) is 19.3 Å². The summed E-state index contributed by atoms with van der Waals surface area (Å²) in [6.45, 7) is 6.64. The van der Waals surface area contributed by atoms with Gasteiger partial charge in [-0.25, -0.2) is 0 Å². The number of carboxylic acids is 1. The van der Waals surface area contributed by atoms with Gasteiger partial charge in [0.1, 0.15) is 0 Å². The molecule has 2 aliphatic heterocycles. The molecule has 0 aromatic heterocycles. The summed E-state index contributed by atoms with van der Waals surface area (Å²) in [6.07, 6.45) is 4.05. The maximum absolute atomic E-state index is 12.0. The van der Waals surface area contributed by atoms with Crippen molar-refractivity contribution in [1.29, 1.82) is 0 Å². The number of esters is 1. The van der Waals surface area contributed by atoms with Crippen LogP contribution in [-0.2, 0) is 23.8 Å². The summed E-state index contributed by atoms with van der Waals surface area (Å²) in [4.78, 5) is 22.7. The van der Waals surface area contributed by atoms with Gasteiger partial charge in [0, 0.05) is 12.3 Å². The van der Waals surface area contributed by atoms with Crippen LogP contribution < -0.4 is 0 Å². The van der Waals surface area contributed by atoms with Crippen molar-refractivity contribution in [1.82, 2.24) is 0 Å². The van der Waals surface area contributed by atoms with Crippen molar-refractivity contribution in [2.75, 3.05) is 0 Å². The van der Waals surface area contributed by atoms with Gasteiger partial charge in [-0.15, -0.1) is 0 Å². The van der Waals surface area contributed by atoms with E-state index >= 15 is 0 Å². The van der Waals surface area contributed by atoms with Crippen LogP contribution in [0.4, 0.5) is 0 Å². The number of hydrogen-bond acceptors (Lipinski definition) is 5. The second kappa shape index (κ2) is 8.26. The summed E-state index contributed by atoms with van der Waals surface area (Å²) < 4.78 is 17.9. The first kappa shape index (κ1) is 19.6. The fraction of sp³-hybridized carbons (Fsp3) is 0.900. The van der Waals surface area contributed by atoms with Gasteiger partial charge in [-0.2, -0.15) is 0 Å². The summed E-state index contributed by atoms with van der Waals surface area (Å²) >= 11 is 0. The predicted molar refractivity (Wildman–Crippen MR) is 94.1 cm³/mol. The van der Waals surface area contributed by atoms with E-state index in [4.69, 9.17) is 19.3 Å². The third kappa shape index (κ3) is 4.39. The third-order valence-electron chi connectivity index (χ3n) is 6.65. The molecule has 0 aromatic rings. The minimum Gasteiger partial charge on any atom is -0.481 e. The zero-order valence-electron chi connectivity index (χ0n) is 16.1. The van der Waals surface area contributed by atoms with Gasteiger partial charge < -0.3 is 19.3 Å². The van der Waals surface area contributed by atoms with Crippen molar-refractivity contribution < 1.29 is 28.9 Å². The Morgan fingerprint density at radius 1 is 0.962 bits per heavy atom. The second-order valence-corrected chi connectivity index (χ2v) is 8.51. The average Bonchev–Trinajstić information content (AvgIpc) is 2.80. The molecule has 0 aromatic carbocycles. The highest BCUT2D eigenvalue weighted by molar-refractivity contribution is 5.76. The van der Waals surface area contributed by atoms with Gasteiger partial charge in [0.25, 0.3) is 0 Å². The Kier molecular flexibility index (Phi) is 6.23. The van der Waals surface area contributed by atoms with Crippen LogP contribution in [0.2, 0.25) is 0 Å². The lowest BCUT2D eigenvalue weighted by Gasteiger charge is -2.44. The molecule has 1 saturated carbocycles. The molecule has 0 bridgehead atoms. The zero-order valence-corrected chi connectivity index (χ0v) is 16.1. The first-order chi connectivity index (χ1) is 12.3. The third-order valence-corrected chi connectivity index (χ3v) is 6.65. The standard InChI is InChI=1S/C20H32O6/c1-11-4-6-15-12(2)10-18(25-17(23)9-8-16(21)22)26-20-19(15)14(11)7-5-13(3)24-20/h11-15,18-20H,4-10H2,1-3H3,(H,21,22)/t11-,12?,13?,14?,15?,18?,19?,20?/m1/s1. The molecule has 3 rings (SSSR count). The van der Waals surface area contributed by atoms with E-state index in [1.54, 1.807) is 0 Å². The molecule has 3 fully saturated rings. The number of aliphatic carboxylic acids is 1. The molecular formula is C20H32O6. The Labute approximate surface area is 155 Å². The van der Waals surface area contributed by atoms with E-state index < -0.39 is 18.2 Å². The maximum atomic E-state index is 12.0. The molecule has 7 unspecified atom stereocenters. The number of ether oxygens (including phenoxy) is 3. The molecule has 1 N–H and O–H groups in total. The Morgan fingerprint density at radius 2 is 1.65 bits per heavy atom. The molecule has 1 aliphatic carbocycles. The van der Waals surface area contributed by atoms with E-state index in [0.29, 0.717) is 36.0 Å². The molecule has 8 atom stereocenters. The molecule has 3 aliphatic rings. The van der Waals surface area contributed by atoms with Crippen LogP contribution in [0.5, 0.6) is 0 Å². The summed E-state index contributed by atoms with van der Waals surface area (Å²) in [5.74, 6) is 0.998. The summed E-state index contributed by atoms with van der Waals surface area (Å²) in [6, 6.07) is 0. The molecular weight excluding hydrogens is 336 g/mol. The number of carboxylic acid groups (broad SMARTS) is 1. The van der Waals surface area contributed by atoms with Crippen molar-refractivity contribution in [2.24, 2.45) is 29.6 Å². The first-order valence-corrected chi connectivity index (χ1v) is 10.1. The Bertz CT molecular complexity index is 520. The largest absolute Gasteiger partial charge is 0.481 e. The summed E-state index contributed by atoms with van der Waals surface area (Å²) in [5.41, 5.74) is 0. The normalized spacial score (nSPS) is 42.9. The summed E-state index contributed by atoms with van der Waals surface area (Å²) in [5, 5.41) is 8.74. The van der Waals surface area contributed by atoms with Gasteiger partial charge in [0.15, 0.2) is 6.29 Å². The van der Waals surface area contributed by atoms with E-state index in [2.05, 4.69) is 20.8 Å². The van der Waals surface area contributed by atoms with Gasteiger partial charge in [0.05, 0.1) is 18.9 Å². The first-order valence-electron chi connectivity index (χ1n) is 10.1. The van der Waals surface area contributed by atoms with Crippen LogP contribution in [-0.4, -0.2) is 35.7 Å². The lowest BCUT2D eigenvalue weighted by molar-refractivity contribution is -0.266. The van der Waals surface area contributed by atoms with Crippen LogP contribution in [0.25, 0.3) is 0 Å². The average molecular weight is 368 g/mol. The quantitative estimate of drug-likeness (QED) is 0.764. The molecule has 6 nitrogen and oxygen atoms in total. The van der Waals surface area contributed by atoms with Gasteiger partial charge in [-0.3, -0.25) is 9.59 Å². The van der Waals surface area contributed by atoms with E-state index in [1.807, 2.05) is 0 Å². The molecule has 2 saturated heterocycles. The van der Waals surface area contributed by atoms with Crippen LogP contribution in [0.1, 0.15) is 65.7 Å². The molecule has 2 heterocycles. The van der Waals surface area contributed by atoms with Crippen molar-refractivity contribution in [3.8, 4) is 0 Å².